The number of nitrogens with one attached hydrogen (secondary N) is 3. The summed E-state index contributed by atoms with van der Waals surface area (Å²) < 4.78 is 35.6. The first kappa shape index (κ1) is 36.9. The second-order valence-electron chi connectivity index (χ2n) is 9.59. The molecule has 0 aromatic carbocycles. The van der Waals surface area contributed by atoms with Gasteiger partial charge in [0.25, 0.3) is 21.9 Å². The molecule has 0 aromatic heterocycles. The smallest absolute Gasteiger partial charge is 0.312 e. The second-order valence-corrected chi connectivity index (χ2v) is 11.2. The lowest BCUT2D eigenvalue weighted by Crippen LogP contribution is -2.52. The van der Waals surface area contributed by atoms with Gasteiger partial charge in [-0.25, -0.2) is 4.79 Å². The summed E-state index contributed by atoms with van der Waals surface area (Å²) in [5.74, 6) is -4.38. The molecule has 18 heteroatoms. The summed E-state index contributed by atoms with van der Waals surface area (Å²) in [6.07, 6.45) is 5.55. The molecular weight excluding hydrogens is 592 g/mol. The highest BCUT2D eigenvalue weighted by Gasteiger charge is 2.29. The van der Waals surface area contributed by atoms with Crippen LogP contribution in [0.2, 0.25) is 0 Å². The number of urea groups is 1. The number of aldehydes is 1. The third-order valence-electron chi connectivity index (χ3n) is 5.82. The number of carbonyl (C=O) groups is 7. The van der Waals surface area contributed by atoms with Crippen LogP contribution in [0.25, 0.3) is 0 Å². The number of hydrogen-bond acceptors (Lipinski definition) is 10. The summed E-state index contributed by atoms with van der Waals surface area (Å²) in [7, 11) is -4.26. The van der Waals surface area contributed by atoms with Crippen LogP contribution in [0.4, 0.5) is 4.79 Å². The lowest BCUT2D eigenvalue weighted by molar-refractivity contribution is -0.145. The monoisotopic (exact) mass is 630 g/mol. The van der Waals surface area contributed by atoms with Crippen molar-refractivity contribution in [2.45, 2.75) is 38.8 Å². The first-order valence-electron chi connectivity index (χ1n) is 13.2. The van der Waals surface area contributed by atoms with E-state index in [0.29, 0.717) is 17.6 Å². The molecule has 0 saturated heterocycles. The molecule has 1 aliphatic rings. The van der Waals surface area contributed by atoms with E-state index in [-0.39, 0.29) is 39.3 Å². The van der Waals surface area contributed by atoms with Crippen LogP contribution in [0.5, 0.6) is 0 Å². The van der Waals surface area contributed by atoms with Crippen LogP contribution in [-0.4, -0.2) is 122 Å². The maximum atomic E-state index is 12.9. The summed E-state index contributed by atoms with van der Waals surface area (Å²) in [5.41, 5.74) is 4.97. The lowest BCUT2D eigenvalue weighted by Gasteiger charge is -2.26. The zero-order valence-corrected chi connectivity index (χ0v) is 24.7. The molecular formula is C25H38N6O11S. The number of imide groups is 1. The van der Waals surface area contributed by atoms with Crippen molar-refractivity contribution in [1.29, 1.82) is 0 Å². The number of carbonyl (C=O) groups excluding carboxylic acids is 7. The standard InChI is InChI=1S/C25H38N6O11S/c1-17(2)23(24(37)28-18(16-32)5-3-4-9-27-25(26)38)29-19(33)8-10-30(11-12-42-13-14-43(39,40)41)22(36)15-31-20(34)6-7-21(31)35/h3,5-7,16-18,23H,4,8-15H2,1-2H3,(H,28,37)(H,29,33)(H3,26,27,38)(H,39,40,41)/b5-3+/t18?,23-/m0/s1. The van der Waals surface area contributed by atoms with Gasteiger partial charge in [-0.1, -0.05) is 26.0 Å². The Balaban J connectivity index is 2.78. The summed E-state index contributed by atoms with van der Waals surface area (Å²) >= 11 is 0. The van der Waals surface area contributed by atoms with Crippen LogP contribution in [-0.2, 0) is 43.6 Å². The van der Waals surface area contributed by atoms with E-state index in [1.54, 1.807) is 19.9 Å². The Bertz CT molecular complexity index is 1180. The fourth-order valence-corrected chi connectivity index (χ4v) is 3.87. The van der Waals surface area contributed by atoms with Gasteiger partial charge in [0, 0.05) is 38.2 Å². The number of nitrogens with two attached hydrogens (primary N) is 1. The largest absolute Gasteiger partial charge is 0.378 e. The fourth-order valence-electron chi connectivity index (χ4n) is 3.54. The molecule has 0 bridgehead atoms. The van der Waals surface area contributed by atoms with E-state index >= 15 is 0 Å². The minimum Gasteiger partial charge on any atom is -0.378 e. The zero-order chi connectivity index (χ0) is 32.6. The minimum atomic E-state index is -4.26. The molecule has 1 unspecified atom stereocenters. The maximum absolute atomic E-state index is 12.9. The predicted octanol–water partition coefficient (Wildman–Crippen LogP) is -2.53. The van der Waals surface area contributed by atoms with Crippen LogP contribution < -0.4 is 21.7 Å². The van der Waals surface area contributed by atoms with Gasteiger partial charge in [0.15, 0.2) is 0 Å². The quantitative estimate of drug-likeness (QED) is 0.0308. The molecule has 0 saturated carbocycles. The van der Waals surface area contributed by atoms with Crippen molar-refractivity contribution in [2.24, 2.45) is 11.7 Å². The first-order chi connectivity index (χ1) is 20.1. The molecule has 2 atom stereocenters. The number of amides is 7. The SMILES string of the molecule is CC(C)[C@H](NC(=O)CCN(CCOCCS(=O)(=O)O)C(=O)CN1C(=O)C=CC1=O)C(=O)NC(C=O)/C=C/CCNC(N)=O. The number of rotatable bonds is 20. The molecule has 0 aliphatic carbocycles. The van der Waals surface area contributed by atoms with Gasteiger partial charge >= 0.3 is 6.03 Å². The van der Waals surface area contributed by atoms with Crippen LogP contribution in [0.1, 0.15) is 26.7 Å². The normalized spacial score (nSPS) is 14.6. The number of ether oxygens (including phenoxy) is 1. The van der Waals surface area contributed by atoms with E-state index in [4.69, 9.17) is 15.0 Å². The van der Waals surface area contributed by atoms with E-state index in [1.165, 1.54) is 6.08 Å². The van der Waals surface area contributed by atoms with Gasteiger partial charge in [-0.3, -0.25) is 33.4 Å². The summed E-state index contributed by atoms with van der Waals surface area (Å²) in [5, 5.41) is 7.43. The molecule has 17 nitrogen and oxygen atoms in total. The van der Waals surface area contributed by atoms with Gasteiger partial charge in [0.05, 0.1) is 19.0 Å². The Morgan fingerprint density at radius 2 is 1.74 bits per heavy atom. The van der Waals surface area contributed by atoms with Crippen LogP contribution in [0.15, 0.2) is 24.3 Å². The third-order valence-corrected chi connectivity index (χ3v) is 6.50. The van der Waals surface area contributed by atoms with E-state index in [2.05, 4.69) is 16.0 Å². The first-order valence-corrected chi connectivity index (χ1v) is 14.8. The van der Waals surface area contributed by atoms with Crippen LogP contribution in [0, 0.1) is 5.92 Å². The number of hydrogen-bond donors (Lipinski definition) is 5. The lowest BCUT2D eigenvalue weighted by atomic mass is 10.0. The minimum absolute atomic E-state index is 0.141. The van der Waals surface area contributed by atoms with Crippen LogP contribution >= 0.6 is 0 Å². The Kier molecular flexibility index (Phi) is 15.8. The fraction of sp³-hybridized carbons (Fsp3) is 0.560. The average Bonchev–Trinajstić information content (AvgIpc) is 3.23. The average molecular weight is 631 g/mol. The molecule has 1 rings (SSSR count). The van der Waals surface area contributed by atoms with Gasteiger partial charge in [-0.05, 0) is 12.3 Å². The Hall–Kier alpha value is -4.16. The second kappa shape index (κ2) is 18.4. The van der Waals surface area contributed by atoms with Gasteiger partial charge in [-0.15, -0.1) is 0 Å². The van der Waals surface area contributed by atoms with E-state index < -0.39 is 76.0 Å². The molecule has 43 heavy (non-hydrogen) atoms. The topological polar surface area (TPSA) is 252 Å². The summed E-state index contributed by atoms with van der Waals surface area (Å²) in [6, 6.07) is -2.74. The Morgan fingerprint density at radius 3 is 2.30 bits per heavy atom. The predicted molar refractivity (Wildman–Crippen MR) is 150 cm³/mol. The van der Waals surface area contributed by atoms with Gasteiger partial charge in [0.1, 0.15) is 24.9 Å². The number of primary amides is 1. The molecule has 0 fully saturated rings. The van der Waals surface area contributed by atoms with Crippen molar-refractivity contribution in [3.8, 4) is 0 Å². The zero-order valence-electron chi connectivity index (χ0n) is 23.9. The van der Waals surface area contributed by atoms with Crippen molar-refractivity contribution in [3.63, 3.8) is 0 Å². The Morgan fingerprint density at radius 1 is 1.09 bits per heavy atom. The molecule has 6 N–H and O–H groups in total. The highest BCUT2D eigenvalue weighted by molar-refractivity contribution is 7.85. The van der Waals surface area contributed by atoms with Crippen molar-refractivity contribution < 1.29 is 51.3 Å². The van der Waals surface area contributed by atoms with E-state index in [9.17, 15) is 42.0 Å². The highest BCUT2D eigenvalue weighted by Crippen LogP contribution is 2.07. The van der Waals surface area contributed by atoms with Crippen molar-refractivity contribution in [3.05, 3.63) is 24.3 Å². The van der Waals surface area contributed by atoms with E-state index in [0.717, 1.165) is 17.1 Å². The molecule has 1 aliphatic heterocycles. The van der Waals surface area contributed by atoms with Crippen molar-refractivity contribution >= 4 is 52.0 Å². The molecule has 0 aromatic rings. The highest BCUT2D eigenvalue weighted by atomic mass is 32.2. The van der Waals surface area contributed by atoms with Gasteiger partial charge < -0.3 is 36.1 Å². The van der Waals surface area contributed by atoms with Gasteiger partial charge in [-0.2, -0.15) is 8.42 Å². The molecule has 240 valence electrons. The van der Waals surface area contributed by atoms with Gasteiger partial charge in [0.2, 0.25) is 17.7 Å². The molecule has 0 radical (unpaired) electrons. The Labute approximate surface area is 248 Å². The third kappa shape index (κ3) is 15.0. The van der Waals surface area contributed by atoms with Crippen molar-refractivity contribution in [1.82, 2.24) is 25.8 Å². The van der Waals surface area contributed by atoms with E-state index in [1.807, 2.05) is 0 Å². The van der Waals surface area contributed by atoms with Crippen LogP contribution in [0.3, 0.4) is 0 Å². The summed E-state index contributed by atoms with van der Waals surface area (Å²) in [6.45, 7) is 2.08. The maximum Gasteiger partial charge on any atom is 0.312 e. The number of nitrogens with zero attached hydrogens (tertiary/aromatic N) is 2. The van der Waals surface area contributed by atoms with Crippen molar-refractivity contribution in [2.75, 3.05) is 45.1 Å². The molecule has 1 heterocycles. The molecule has 7 amide bonds. The summed E-state index contributed by atoms with van der Waals surface area (Å²) in [4.78, 5) is 86.2. The molecule has 0 spiro atoms.